The standard InChI is InChI=1S/C52H33NOS/c1-2-16-40-35(12-1)13-10-20-41(40)36-28-26-34(27-29-36)37-14-9-15-38(32-37)53(39-30-31-50-47(33-39)43-18-4-7-24-49(43)54-50)48-23-6-3-17-42(48)45-21-11-22-46-44-19-5-8-25-51(44)55-52(45)46/h1-33H. The average molecular weight is 720 g/mol. The van der Waals surface area contributed by atoms with Crippen LogP contribution in [0.3, 0.4) is 0 Å². The number of benzene rings is 9. The fourth-order valence-electron chi connectivity index (χ4n) is 8.28. The SMILES string of the molecule is c1cc(-c2ccc(-c3cccc4ccccc34)cc2)cc(N(c2ccc3oc4ccccc4c3c2)c2ccccc2-c2cccc3c2sc2ccccc23)c1. The van der Waals surface area contributed by atoms with Gasteiger partial charge in [0.1, 0.15) is 11.2 Å². The van der Waals surface area contributed by atoms with E-state index in [4.69, 9.17) is 4.42 Å². The van der Waals surface area contributed by atoms with Gasteiger partial charge in [-0.2, -0.15) is 0 Å². The monoisotopic (exact) mass is 719 g/mol. The lowest BCUT2D eigenvalue weighted by molar-refractivity contribution is 0.669. The Kier molecular flexibility index (Phi) is 7.39. The third kappa shape index (κ3) is 5.32. The van der Waals surface area contributed by atoms with Gasteiger partial charge in [0.2, 0.25) is 0 Å². The Hall–Kier alpha value is -6.94. The number of hydrogen-bond donors (Lipinski definition) is 0. The normalized spacial score (nSPS) is 11.6. The van der Waals surface area contributed by atoms with Gasteiger partial charge in [-0.05, 0) is 81.6 Å². The minimum absolute atomic E-state index is 0.883. The van der Waals surface area contributed by atoms with Gasteiger partial charge < -0.3 is 9.32 Å². The summed E-state index contributed by atoms with van der Waals surface area (Å²) in [5.74, 6) is 0. The van der Waals surface area contributed by atoms with Crippen molar-refractivity contribution in [2.75, 3.05) is 4.90 Å². The molecule has 0 amide bonds. The molecule has 11 aromatic rings. The Balaban J connectivity index is 1.08. The van der Waals surface area contributed by atoms with Gasteiger partial charge in [0.15, 0.2) is 0 Å². The van der Waals surface area contributed by atoms with Crippen molar-refractivity contribution in [3.05, 3.63) is 200 Å². The Morgan fingerprint density at radius 1 is 0.364 bits per heavy atom. The van der Waals surface area contributed by atoms with E-state index in [9.17, 15) is 0 Å². The van der Waals surface area contributed by atoms with E-state index in [0.717, 1.165) is 44.6 Å². The lowest BCUT2D eigenvalue weighted by atomic mass is 9.96. The summed E-state index contributed by atoms with van der Waals surface area (Å²) in [5, 5.41) is 7.32. The molecule has 3 heteroatoms. The second kappa shape index (κ2) is 12.9. The maximum atomic E-state index is 6.29. The zero-order chi connectivity index (χ0) is 36.3. The smallest absolute Gasteiger partial charge is 0.135 e. The molecule has 2 nitrogen and oxygen atoms in total. The van der Waals surface area contributed by atoms with Crippen LogP contribution in [0, 0.1) is 0 Å². The Bertz CT molecular complexity index is 3220. The highest BCUT2D eigenvalue weighted by Gasteiger charge is 2.21. The molecule has 0 unspecified atom stereocenters. The highest BCUT2D eigenvalue weighted by atomic mass is 32.1. The molecule has 2 aromatic heterocycles. The molecule has 0 aliphatic heterocycles. The highest BCUT2D eigenvalue weighted by molar-refractivity contribution is 7.26. The summed E-state index contributed by atoms with van der Waals surface area (Å²) < 4.78 is 8.89. The van der Waals surface area contributed by atoms with Crippen molar-refractivity contribution in [2.45, 2.75) is 0 Å². The van der Waals surface area contributed by atoms with Crippen molar-refractivity contribution in [1.29, 1.82) is 0 Å². The van der Waals surface area contributed by atoms with Gasteiger partial charge >= 0.3 is 0 Å². The molecule has 0 atom stereocenters. The molecular formula is C52H33NOS. The summed E-state index contributed by atoms with van der Waals surface area (Å²) in [4.78, 5) is 2.41. The van der Waals surface area contributed by atoms with Crippen LogP contribution in [-0.2, 0) is 0 Å². The molecular weight excluding hydrogens is 687 g/mol. The minimum Gasteiger partial charge on any atom is -0.456 e. The molecule has 2 heterocycles. The van der Waals surface area contributed by atoms with Crippen molar-refractivity contribution >= 4 is 81.3 Å². The van der Waals surface area contributed by atoms with Crippen LogP contribution in [0.2, 0.25) is 0 Å². The molecule has 0 aliphatic carbocycles. The summed E-state index contributed by atoms with van der Waals surface area (Å²) in [7, 11) is 0. The molecule has 0 fully saturated rings. The molecule has 9 aromatic carbocycles. The van der Waals surface area contributed by atoms with Crippen LogP contribution in [-0.4, -0.2) is 0 Å². The Morgan fingerprint density at radius 2 is 1.00 bits per heavy atom. The van der Waals surface area contributed by atoms with Crippen molar-refractivity contribution in [3.63, 3.8) is 0 Å². The number of furan rings is 1. The molecule has 11 rings (SSSR count). The van der Waals surface area contributed by atoms with Crippen LogP contribution < -0.4 is 4.90 Å². The number of anilines is 3. The van der Waals surface area contributed by atoms with Crippen LogP contribution in [0.25, 0.3) is 86.3 Å². The van der Waals surface area contributed by atoms with Crippen LogP contribution in [0.5, 0.6) is 0 Å². The Morgan fingerprint density at radius 3 is 1.93 bits per heavy atom. The maximum absolute atomic E-state index is 6.29. The van der Waals surface area contributed by atoms with Crippen LogP contribution in [0.1, 0.15) is 0 Å². The summed E-state index contributed by atoms with van der Waals surface area (Å²) in [6.45, 7) is 0. The number of fused-ring (bicyclic) bond motifs is 7. The molecule has 0 N–H and O–H groups in total. The maximum Gasteiger partial charge on any atom is 0.135 e. The number of thiophene rings is 1. The van der Waals surface area contributed by atoms with Crippen LogP contribution in [0.15, 0.2) is 205 Å². The van der Waals surface area contributed by atoms with Crippen molar-refractivity contribution in [1.82, 2.24) is 0 Å². The topological polar surface area (TPSA) is 16.4 Å². The molecule has 0 radical (unpaired) electrons. The summed E-state index contributed by atoms with van der Waals surface area (Å²) >= 11 is 1.87. The second-order valence-corrected chi connectivity index (χ2v) is 15.1. The zero-order valence-corrected chi connectivity index (χ0v) is 30.6. The predicted octanol–water partition coefficient (Wildman–Crippen LogP) is 15.6. The molecule has 0 bridgehead atoms. The number of rotatable bonds is 6. The van der Waals surface area contributed by atoms with E-state index in [1.54, 1.807) is 0 Å². The summed E-state index contributed by atoms with van der Waals surface area (Å²) in [6.07, 6.45) is 0. The van der Waals surface area contributed by atoms with Gasteiger partial charge in [0, 0.05) is 53.4 Å². The van der Waals surface area contributed by atoms with Crippen molar-refractivity contribution in [2.24, 2.45) is 0 Å². The number of para-hydroxylation sites is 2. The first kappa shape index (κ1) is 31.6. The summed E-state index contributed by atoms with van der Waals surface area (Å²) in [6, 6.07) is 72.3. The molecule has 0 saturated heterocycles. The van der Waals surface area contributed by atoms with Crippen LogP contribution in [0.4, 0.5) is 17.1 Å². The summed E-state index contributed by atoms with van der Waals surface area (Å²) in [5.41, 5.74) is 12.2. The molecule has 55 heavy (non-hydrogen) atoms. The van der Waals surface area contributed by atoms with Gasteiger partial charge in [0.05, 0.1) is 5.69 Å². The highest BCUT2D eigenvalue weighted by Crippen LogP contribution is 2.47. The number of nitrogens with zero attached hydrogens (tertiary/aromatic N) is 1. The average Bonchev–Trinajstić information content (AvgIpc) is 3.82. The first-order valence-electron chi connectivity index (χ1n) is 18.7. The van der Waals surface area contributed by atoms with Gasteiger partial charge in [-0.3, -0.25) is 0 Å². The van der Waals surface area contributed by atoms with Crippen molar-refractivity contribution in [3.8, 4) is 33.4 Å². The zero-order valence-electron chi connectivity index (χ0n) is 29.8. The van der Waals surface area contributed by atoms with E-state index in [-0.39, 0.29) is 0 Å². The quantitative estimate of drug-likeness (QED) is 0.170. The second-order valence-electron chi connectivity index (χ2n) is 14.1. The molecule has 0 saturated carbocycles. The van der Waals surface area contributed by atoms with Crippen molar-refractivity contribution < 1.29 is 4.42 Å². The first-order chi connectivity index (χ1) is 27.3. The van der Waals surface area contributed by atoms with E-state index in [2.05, 4.69) is 193 Å². The number of hydrogen-bond acceptors (Lipinski definition) is 3. The lowest BCUT2D eigenvalue weighted by Crippen LogP contribution is -2.11. The first-order valence-corrected chi connectivity index (χ1v) is 19.5. The third-order valence-electron chi connectivity index (χ3n) is 10.9. The minimum atomic E-state index is 0.883. The van der Waals surface area contributed by atoms with Gasteiger partial charge in [-0.15, -0.1) is 11.3 Å². The third-order valence-corrected chi connectivity index (χ3v) is 12.1. The van der Waals surface area contributed by atoms with Gasteiger partial charge in [0.25, 0.3) is 0 Å². The molecule has 0 spiro atoms. The van der Waals surface area contributed by atoms with E-state index >= 15 is 0 Å². The lowest BCUT2D eigenvalue weighted by Gasteiger charge is -2.28. The molecule has 0 aliphatic rings. The molecule has 258 valence electrons. The fraction of sp³-hybridized carbons (Fsp3) is 0. The predicted molar refractivity (Wildman–Crippen MR) is 235 cm³/mol. The fourth-order valence-corrected chi connectivity index (χ4v) is 9.51. The van der Waals surface area contributed by atoms with E-state index in [1.165, 1.54) is 58.8 Å². The Labute approximate surface area is 322 Å². The van der Waals surface area contributed by atoms with E-state index < -0.39 is 0 Å². The van der Waals surface area contributed by atoms with Crippen LogP contribution >= 0.6 is 11.3 Å². The van der Waals surface area contributed by atoms with Gasteiger partial charge in [-0.25, -0.2) is 0 Å². The van der Waals surface area contributed by atoms with E-state index in [1.807, 2.05) is 23.5 Å². The van der Waals surface area contributed by atoms with E-state index in [0.29, 0.717) is 0 Å². The largest absolute Gasteiger partial charge is 0.456 e. The van der Waals surface area contributed by atoms with Gasteiger partial charge in [-0.1, -0.05) is 152 Å².